The Morgan fingerprint density at radius 3 is 2.65 bits per heavy atom. The Morgan fingerprint density at radius 2 is 2.05 bits per heavy atom. The molecule has 1 aromatic rings. The van der Waals surface area contributed by atoms with Crippen LogP contribution in [0, 0.1) is 25.2 Å². The number of hydrogen-bond acceptors (Lipinski definition) is 4. The Bertz CT molecular complexity index is 630. The van der Waals surface area contributed by atoms with Crippen LogP contribution in [0.5, 0.6) is 0 Å². The van der Waals surface area contributed by atoms with Crippen LogP contribution in [0.2, 0.25) is 0 Å². The highest BCUT2D eigenvalue weighted by atomic mass is 32.2. The van der Waals surface area contributed by atoms with Crippen molar-refractivity contribution in [3.63, 3.8) is 0 Å². The van der Waals surface area contributed by atoms with Gasteiger partial charge in [-0.3, -0.25) is 9.52 Å². The zero-order chi connectivity index (χ0) is 15.2. The van der Waals surface area contributed by atoms with Gasteiger partial charge in [0, 0.05) is 6.42 Å². The summed E-state index contributed by atoms with van der Waals surface area (Å²) < 4.78 is 24.9. The molecule has 0 fully saturated rings. The van der Waals surface area contributed by atoms with Gasteiger partial charge in [0.1, 0.15) is 0 Å². The first-order valence-corrected chi connectivity index (χ1v) is 7.95. The largest absolute Gasteiger partial charge is 0.274 e. The van der Waals surface area contributed by atoms with Crippen molar-refractivity contribution in [1.29, 1.82) is 5.26 Å². The number of rotatable bonds is 6. The molecule has 0 unspecified atom stereocenters. The smallest absolute Gasteiger partial charge is 0.235 e. The van der Waals surface area contributed by atoms with Crippen molar-refractivity contribution < 1.29 is 13.2 Å². The maximum atomic E-state index is 11.6. The molecule has 1 N–H and O–H groups in total. The molecule has 0 aliphatic carbocycles. The van der Waals surface area contributed by atoms with E-state index >= 15 is 0 Å². The molecule has 20 heavy (non-hydrogen) atoms. The molecule has 0 saturated heterocycles. The van der Waals surface area contributed by atoms with Crippen LogP contribution in [0.1, 0.15) is 29.5 Å². The van der Waals surface area contributed by atoms with E-state index in [-0.39, 0.29) is 18.6 Å². The third kappa shape index (κ3) is 5.41. The van der Waals surface area contributed by atoms with Crippen LogP contribution in [0.15, 0.2) is 18.2 Å². The molecule has 1 amide bonds. The number of carbonyl (C=O) groups is 1. The first kappa shape index (κ1) is 16.2. The van der Waals surface area contributed by atoms with Crippen LogP contribution < -0.4 is 4.72 Å². The number of aryl methyl sites for hydroxylation is 3. The fraction of sp³-hybridized carbons (Fsp3) is 0.429. The summed E-state index contributed by atoms with van der Waals surface area (Å²) in [6, 6.07) is 7.67. The molecule has 1 rings (SSSR count). The summed E-state index contributed by atoms with van der Waals surface area (Å²) in [4.78, 5) is 11.6. The van der Waals surface area contributed by atoms with E-state index in [4.69, 9.17) is 5.26 Å². The van der Waals surface area contributed by atoms with Crippen molar-refractivity contribution in [1.82, 2.24) is 4.72 Å². The summed E-state index contributed by atoms with van der Waals surface area (Å²) >= 11 is 0. The van der Waals surface area contributed by atoms with Crippen molar-refractivity contribution >= 4 is 15.9 Å². The van der Waals surface area contributed by atoms with Gasteiger partial charge in [-0.2, -0.15) is 5.26 Å². The molecule has 0 aromatic heterocycles. The van der Waals surface area contributed by atoms with Crippen LogP contribution in [0.3, 0.4) is 0 Å². The Balaban J connectivity index is 2.54. The third-order valence-corrected chi connectivity index (χ3v) is 4.15. The second kappa shape index (κ2) is 7.06. The fourth-order valence-corrected chi connectivity index (χ4v) is 2.74. The van der Waals surface area contributed by atoms with Crippen LogP contribution in [0.4, 0.5) is 0 Å². The van der Waals surface area contributed by atoms with E-state index in [0.717, 1.165) is 16.7 Å². The molecule has 0 bridgehead atoms. The van der Waals surface area contributed by atoms with Gasteiger partial charge in [-0.05, 0) is 31.4 Å². The molecule has 6 heteroatoms. The van der Waals surface area contributed by atoms with Gasteiger partial charge in [-0.25, -0.2) is 8.42 Å². The van der Waals surface area contributed by atoms with Gasteiger partial charge < -0.3 is 0 Å². The van der Waals surface area contributed by atoms with E-state index in [1.165, 1.54) is 0 Å². The summed E-state index contributed by atoms with van der Waals surface area (Å²) in [6.45, 7) is 3.95. The van der Waals surface area contributed by atoms with Gasteiger partial charge in [0.05, 0.1) is 18.2 Å². The van der Waals surface area contributed by atoms with Gasteiger partial charge in [0.2, 0.25) is 15.9 Å². The van der Waals surface area contributed by atoms with E-state index in [1.54, 1.807) is 6.07 Å². The van der Waals surface area contributed by atoms with E-state index < -0.39 is 15.9 Å². The van der Waals surface area contributed by atoms with E-state index in [9.17, 15) is 13.2 Å². The molecule has 0 atom stereocenters. The highest BCUT2D eigenvalue weighted by Gasteiger charge is 2.14. The summed E-state index contributed by atoms with van der Waals surface area (Å²) in [6.07, 6.45) is 0.473. The minimum Gasteiger partial charge on any atom is -0.274 e. The van der Waals surface area contributed by atoms with Gasteiger partial charge in [0.25, 0.3) is 0 Å². The molecule has 0 heterocycles. The molecule has 0 aliphatic heterocycles. The standard InChI is InChI=1S/C14H18N2O3S/c1-11-4-5-13(12(2)10-11)6-7-14(17)16-20(18,19)9-3-8-15/h4-5,10H,3,6-7,9H2,1-2H3,(H,16,17). The summed E-state index contributed by atoms with van der Waals surface area (Å²) in [5, 5.41) is 8.34. The lowest BCUT2D eigenvalue weighted by molar-refractivity contribution is -0.119. The number of hydrogen-bond donors (Lipinski definition) is 1. The lowest BCUT2D eigenvalue weighted by Crippen LogP contribution is -2.32. The van der Waals surface area contributed by atoms with Crippen molar-refractivity contribution in [3.8, 4) is 6.07 Å². The topological polar surface area (TPSA) is 87.0 Å². The molecule has 1 aromatic carbocycles. The molecular formula is C14H18N2O3S. The Hall–Kier alpha value is -1.87. The van der Waals surface area contributed by atoms with Gasteiger partial charge in [-0.15, -0.1) is 0 Å². The predicted octanol–water partition coefficient (Wildman–Crippen LogP) is 1.60. The zero-order valence-electron chi connectivity index (χ0n) is 11.6. The zero-order valence-corrected chi connectivity index (χ0v) is 12.5. The minimum absolute atomic E-state index is 0.107. The predicted molar refractivity (Wildman–Crippen MR) is 76.4 cm³/mol. The van der Waals surface area contributed by atoms with Gasteiger partial charge in [0.15, 0.2) is 0 Å². The number of sulfonamides is 1. The number of amides is 1. The average molecular weight is 294 g/mol. The Labute approximate surface area is 119 Å². The first-order chi connectivity index (χ1) is 9.34. The lowest BCUT2D eigenvalue weighted by atomic mass is 10.0. The fourth-order valence-electron chi connectivity index (χ4n) is 1.83. The van der Waals surface area contributed by atoms with Gasteiger partial charge >= 0.3 is 0 Å². The van der Waals surface area contributed by atoms with Crippen molar-refractivity contribution in [2.75, 3.05) is 5.75 Å². The van der Waals surface area contributed by atoms with Crippen LogP contribution in [-0.4, -0.2) is 20.1 Å². The van der Waals surface area contributed by atoms with Crippen molar-refractivity contribution in [2.45, 2.75) is 33.1 Å². The normalized spacial score (nSPS) is 10.8. The summed E-state index contributed by atoms with van der Waals surface area (Å²) in [7, 11) is -3.69. The lowest BCUT2D eigenvalue weighted by Gasteiger charge is -2.08. The van der Waals surface area contributed by atoms with E-state index in [1.807, 2.05) is 36.8 Å². The molecule has 0 saturated carbocycles. The Morgan fingerprint density at radius 1 is 1.35 bits per heavy atom. The highest BCUT2D eigenvalue weighted by Crippen LogP contribution is 2.12. The monoisotopic (exact) mass is 294 g/mol. The van der Waals surface area contributed by atoms with Crippen LogP contribution in [-0.2, 0) is 21.2 Å². The quantitative estimate of drug-likeness (QED) is 0.863. The third-order valence-electron chi connectivity index (χ3n) is 2.87. The highest BCUT2D eigenvalue weighted by molar-refractivity contribution is 7.90. The molecule has 5 nitrogen and oxygen atoms in total. The Kier molecular flexibility index (Phi) is 5.71. The molecule has 0 radical (unpaired) electrons. The van der Waals surface area contributed by atoms with Crippen molar-refractivity contribution in [3.05, 3.63) is 34.9 Å². The number of nitrogens with zero attached hydrogens (tertiary/aromatic N) is 1. The SMILES string of the molecule is Cc1ccc(CCC(=O)NS(=O)(=O)CCC#N)c(C)c1. The van der Waals surface area contributed by atoms with E-state index in [0.29, 0.717) is 6.42 Å². The number of benzene rings is 1. The van der Waals surface area contributed by atoms with Gasteiger partial charge in [-0.1, -0.05) is 23.8 Å². The number of nitrogens with one attached hydrogen (secondary N) is 1. The summed E-state index contributed by atoms with van der Waals surface area (Å²) in [5.74, 6) is -0.887. The number of nitriles is 1. The second-order valence-corrected chi connectivity index (χ2v) is 6.52. The second-order valence-electron chi connectivity index (χ2n) is 4.68. The molecular weight excluding hydrogens is 276 g/mol. The summed E-state index contributed by atoms with van der Waals surface area (Å²) in [5.41, 5.74) is 3.26. The van der Waals surface area contributed by atoms with Crippen molar-refractivity contribution in [2.24, 2.45) is 0 Å². The van der Waals surface area contributed by atoms with Crippen LogP contribution >= 0.6 is 0 Å². The minimum atomic E-state index is -3.69. The van der Waals surface area contributed by atoms with Crippen LogP contribution in [0.25, 0.3) is 0 Å². The average Bonchev–Trinajstić information content (AvgIpc) is 2.35. The van der Waals surface area contributed by atoms with E-state index in [2.05, 4.69) is 0 Å². The molecule has 0 aliphatic rings. The number of carbonyl (C=O) groups excluding carboxylic acids is 1. The first-order valence-electron chi connectivity index (χ1n) is 6.30. The maximum absolute atomic E-state index is 11.6. The maximum Gasteiger partial charge on any atom is 0.235 e. The molecule has 0 spiro atoms. The molecule has 108 valence electrons.